The quantitative estimate of drug-likeness (QED) is 0.425. The van der Waals surface area contributed by atoms with Crippen LogP contribution in [-0.2, 0) is 7.05 Å². The average molecular weight is 355 g/mol. The Hall–Kier alpha value is -2.38. The van der Waals surface area contributed by atoms with Crippen LogP contribution in [0.25, 0.3) is 11.0 Å². The topological polar surface area (TPSA) is 68.9 Å². The molecule has 0 radical (unpaired) electrons. The summed E-state index contributed by atoms with van der Waals surface area (Å²) in [6.07, 6.45) is 3.88. The number of para-hydroxylation sites is 1. The molecule has 3 N–H and O–H groups in total. The molecule has 0 saturated heterocycles. The van der Waals surface area contributed by atoms with E-state index in [0.717, 1.165) is 29.3 Å². The first-order valence-electron chi connectivity index (χ1n) is 8.27. The predicted octanol–water partition coefficient (Wildman–Crippen LogP) is 1.12. The third-order valence-electron chi connectivity index (χ3n) is 4.73. The Balaban J connectivity index is 1.93. The number of aryl methyl sites for hydroxylation is 2. The molecule has 0 spiro atoms. The number of rotatable bonds is 2. The van der Waals surface area contributed by atoms with Gasteiger partial charge in [-0.25, -0.2) is 4.98 Å². The van der Waals surface area contributed by atoms with E-state index in [1.54, 1.807) is 11.6 Å². The average Bonchev–Trinajstić information content (AvgIpc) is 2.64. The van der Waals surface area contributed by atoms with E-state index in [-0.39, 0.29) is 5.56 Å². The number of aromatic nitrogens is 3. The fourth-order valence-electron chi connectivity index (χ4n) is 3.42. The van der Waals surface area contributed by atoms with Crippen LogP contribution < -0.4 is 20.8 Å². The number of hydrogen-bond acceptors (Lipinski definition) is 4. The second kappa shape index (κ2) is 6.16. The van der Waals surface area contributed by atoms with Crippen molar-refractivity contribution in [3.05, 3.63) is 46.4 Å². The van der Waals surface area contributed by atoms with E-state index >= 15 is 0 Å². The molecule has 1 aliphatic heterocycles. The third-order valence-corrected chi connectivity index (χ3v) is 5.32. The van der Waals surface area contributed by atoms with Crippen LogP contribution in [-0.4, -0.2) is 28.9 Å². The Labute approximate surface area is 149 Å². The van der Waals surface area contributed by atoms with Gasteiger partial charge in [-0.3, -0.25) is 9.36 Å². The highest BCUT2D eigenvalue weighted by molar-refractivity contribution is 7.98. The molecule has 0 bridgehead atoms. The fourth-order valence-corrected chi connectivity index (χ4v) is 3.78. The SMILES string of the molecule is CSc1nc2c(c[nH+]1)cc(N1CC[NH2+]c3c(C)cccc31)c(=O)n2C. The molecule has 4 rings (SSSR count). The van der Waals surface area contributed by atoms with Crippen molar-refractivity contribution in [1.29, 1.82) is 0 Å². The maximum Gasteiger partial charge on any atom is 0.359 e. The Morgan fingerprint density at radius 3 is 2.96 bits per heavy atom. The number of nitrogens with zero attached hydrogens (tertiary/aromatic N) is 3. The maximum atomic E-state index is 13.0. The lowest BCUT2D eigenvalue weighted by atomic mass is 10.1. The number of pyridine rings is 1. The highest BCUT2D eigenvalue weighted by Gasteiger charge is 2.26. The number of nitrogens with one attached hydrogen (secondary N) is 1. The van der Waals surface area contributed by atoms with E-state index in [1.165, 1.54) is 23.0 Å². The van der Waals surface area contributed by atoms with E-state index < -0.39 is 0 Å². The molecule has 3 aromatic rings. The van der Waals surface area contributed by atoms with Gasteiger partial charge in [-0.05, 0) is 42.1 Å². The summed E-state index contributed by atoms with van der Waals surface area (Å²) in [5, 5.41) is 3.98. The Morgan fingerprint density at radius 1 is 1.32 bits per heavy atom. The monoisotopic (exact) mass is 355 g/mol. The van der Waals surface area contributed by atoms with Crippen molar-refractivity contribution in [1.82, 2.24) is 9.55 Å². The number of hydrogen-bond donors (Lipinski definition) is 1. The van der Waals surface area contributed by atoms with E-state index in [0.29, 0.717) is 11.3 Å². The fraction of sp³-hybridized carbons (Fsp3) is 0.278. The van der Waals surface area contributed by atoms with Gasteiger partial charge in [0.05, 0.1) is 18.5 Å². The van der Waals surface area contributed by atoms with Crippen molar-refractivity contribution in [3.8, 4) is 0 Å². The van der Waals surface area contributed by atoms with Gasteiger partial charge in [0.15, 0.2) is 5.69 Å². The minimum atomic E-state index is -0.0207. The molecule has 2 aromatic heterocycles. The number of fused-ring (bicyclic) bond motifs is 2. The molecule has 0 amide bonds. The van der Waals surface area contributed by atoms with E-state index in [2.05, 4.69) is 39.2 Å². The number of benzene rings is 1. The van der Waals surface area contributed by atoms with Crippen LogP contribution in [0.4, 0.5) is 17.1 Å². The van der Waals surface area contributed by atoms with Gasteiger partial charge in [-0.2, -0.15) is 0 Å². The molecule has 0 aliphatic carbocycles. The highest BCUT2D eigenvalue weighted by atomic mass is 32.2. The molecule has 7 heteroatoms. The molecule has 1 aromatic carbocycles. The zero-order valence-electron chi connectivity index (χ0n) is 14.5. The van der Waals surface area contributed by atoms with Crippen molar-refractivity contribution < 1.29 is 10.3 Å². The van der Waals surface area contributed by atoms with Gasteiger partial charge in [-0.15, -0.1) is 0 Å². The number of H-pyrrole nitrogens is 1. The van der Waals surface area contributed by atoms with Gasteiger partial charge in [0.1, 0.15) is 17.6 Å². The first kappa shape index (κ1) is 16.1. The standard InChI is InChI=1S/C18H19N5OS/c1-11-5-4-6-13-15(11)19-7-8-23(13)14-9-12-10-20-18(25-3)21-16(12)22(2)17(14)24/h4-6,9-10,19H,7-8H2,1-3H3/p+2. The van der Waals surface area contributed by atoms with Crippen LogP contribution >= 0.6 is 11.8 Å². The first-order valence-corrected chi connectivity index (χ1v) is 9.49. The lowest BCUT2D eigenvalue weighted by Crippen LogP contribution is -2.82. The minimum Gasteiger partial charge on any atom is -0.326 e. The summed E-state index contributed by atoms with van der Waals surface area (Å²) >= 11 is 1.53. The normalized spacial score (nSPS) is 14.0. The number of anilines is 2. The smallest absolute Gasteiger partial charge is 0.326 e. The second-order valence-corrected chi connectivity index (χ2v) is 7.03. The summed E-state index contributed by atoms with van der Waals surface area (Å²) in [7, 11) is 1.79. The summed E-state index contributed by atoms with van der Waals surface area (Å²) in [5.41, 5.74) is 4.93. The molecule has 128 valence electrons. The third kappa shape index (κ3) is 2.60. The number of thioether (sulfide) groups is 1. The van der Waals surface area contributed by atoms with Crippen molar-refractivity contribution in [2.75, 3.05) is 24.2 Å². The molecular weight excluding hydrogens is 334 g/mol. The van der Waals surface area contributed by atoms with Crippen molar-refractivity contribution in [3.63, 3.8) is 0 Å². The van der Waals surface area contributed by atoms with Gasteiger partial charge >= 0.3 is 5.16 Å². The summed E-state index contributed by atoms with van der Waals surface area (Å²) in [6.45, 7) is 3.84. The van der Waals surface area contributed by atoms with Gasteiger partial charge in [0, 0.05) is 12.6 Å². The van der Waals surface area contributed by atoms with Crippen molar-refractivity contribution in [2.45, 2.75) is 12.1 Å². The van der Waals surface area contributed by atoms with Gasteiger partial charge < -0.3 is 10.2 Å². The lowest BCUT2D eigenvalue weighted by Gasteiger charge is -2.29. The van der Waals surface area contributed by atoms with E-state index in [4.69, 9.17) is 0 Å². The molecule has 3 heterocycles. The molecule has 0 atom stereocenters. The Kier molecular flexibility index (Phi) is 3.97. The van der Waals surface area contributed by atoms with Crippen LogP contribution in [0.1, 0.15) is 5.56 Å². The van der Waals surface area contributed by atoms with Crippen molar-refractivity contribution >= 4 is 39.9 Å². The predicted molar refractivity (Wildman–Crippen MR) is 100.0 cm³/mol. The molecule has 0 fully saturated rings. The number of nitrogens with two attached hydrogens (primary N) is 1. The molecule has 1 aliphatic rings. The summed E-state index contributed by atoms with van der Waals surface area (Å²) < 4.78 is 1.64. The lowest BCUT2D eigenvalue weighted by molar-refractivity contribution is -0.571. The minimum absolute atomic E-state index is 0.0207. The summed E-state index contributed by atoms with van der Waals surface area (Å²) in [4.78, 5) is 22.9. The number of aromatic amines is 1. The summed E-state index contributed by atoms with van der Waals surface area (Å²) in [6, 6.07) is 8.19. The molecule has 0 saturated carbocycles. The molecule has 0 unspecified atom stereocenters. The Morgan fingerprint density at radius 2 is 2.16 bits per heavy atom. The van der Waals surface area contributed by atoms with Crippen molar-refractivity contribution in [2.24, 2.45) is 7.05 Å². The molecule has 25 heavy (non-hydrogen) atoms. The van der Waals surface area contributed by atoms with Gasteiger partial charge in [-0.1, -0.05) is 12.1 Å². The van der Waals surface area contributed by atoms with Crippen LogP contribution in [0.15, 0.2) is 40.4 Å². The van der Waals surface area contributed by atoms with E-state index in [1.807, 2.05) is 24.6 Å². The van der Waals surface area contributed by atoms with Crippen LogP contribution in [0, 0.1) is 6.92 Å². The number of quaternary nitrogens is 1. The second-order valence-electron chi connectivity index (χ2n) is 6.23. The zero-order valence-corrected chi connectivity index (χ0v) is 15.4. The van der Waals surface area contributed by atoms with E-state index in [9.17, 15) is 4.79 Å². The van der Waals surface area contributed by atoms with Crippen LogP contribution in [0.3, 0.4) is 0 Å². The Bertz CT molecular complexity index is 1030. The first-order chi connectivity index (χ1) is 12.1. The highest BCUT2D eigenvalue weighted by Crippen LogP contribution is 2.32. The van der Waals surface area contributed by atoms with Crippen LogP contribution in [0.2, 0.25) is 0 Å². The molecular formula is C18H21N5OS+2. The van der Waals surface area contributed by atoms with Gasteiger partial charge in [0.2, 0.25) is 0 Å². The zero-order chi connectivity index (χ0) is 17.6. The summed E-state index contributed by atoms with van der Waals surface area (Å²) in [5.74, 6) is 0. The van der Waals surface area contributed by atoms with Crippen LogP contribution in [0.5, 0.6) is 0 Å². The maximum absolute atomic E-state index is 13.0. The van der Waals surface area contributed by atoms with Gasteiger partial charge in [0.25, 0.3) is 11.2 Å². The largest absolute Gasteiger partial charge is 0.359 e. The molecule has 6 nitrogen and oxygen atoms in total.